The van der Waals surface area contributed by atoms with Crippen LogP contribution in [0.4, 0.5) is 22.0 Å². The van der Waals surface area contributed by atoms with E-state index in [2.05, 4.69) is 36.4 Å². The maximum absolute atomic E-state index is 14.1. The number of alkyl halides is 3. The number of halogens is 5. The number of hydrogen-bond acceptors (Lipinski definition) is 1. The predicted octanol–water partition coefficient (Wildman–Crippen LogP) is 7.24. The monoisotopic (exact) mass is 523 g/mol. The molecular formula is C31H26F5NO. The molecule has 3 aliphatic carbocycles. The molecule has 1 heterocycles. The zero-order valence-corrected chi connectivity index (χ0v) is 20.7. The molecule has 0 unspecified atom stereocenters. The van der Waals surface area contributed by atoms with Crippen LogP contribution in [0.3, 0.4) is 0 Å². The Morgan fingerprint density at radius 1 is 0.947 bits per heavy atom. The van der Waals surface area contributed by atoms with Gasteiger partial charge in [-0.1, -0.05) is 42.5 Å². The summed E-state index contributed by atoms with van der Waals surface area (Å²) in [7, 11) is 0. The second kappa shape index (κ2) is 9.37. The first-order valence-corrected chi connectivity index (χ1v) is 13.0. The molecule has 2 nitrogen and oxygen atoms in total. The second-order valence-corrected chi connectivity index (χ2v) is 10.4. The van der Waals surface area contributed by atoms with Gasteiger partial charge in [0.15, 0.2) is 0 Å². The Morgan fingerprint density at radius 3 is 2.50 bits per heavy atom. The average Bonchev–Trinajstić information content (AvgIpc) is 2.90. The Hall–Kier alpha value is -3.48. The number of rotatable bonds is 2. The van der Waals surface area contributed by atoms with Gasteiger partial charge in [-0.05, 0) is 83.1 Å². The quantitative estimate of drug-likeness (QED) is 0.380. The van der Waals surface area contributed by atoms with Gasteiger partial charge >= 0.3 is 6.18 Å². The molecule has 2 aromatic carbocycles. The molecule has 4 aliphatic rings. The van der Waals surface area contributed by atoms with Crippen molar-refractivity contribution in [1.29, 1.82) is 0 Å². The molecule has 1 fully saturated rings. The molecule has 1 amide bonds. The van der Waals surface area contributed by atoms with E-state index in [9.17, 15) is 26.7 Å². The molecular weight excluding hydrogens is 497 g/mol. The largest absolute Gasteiger partial charge is 0.419 e. The van der Waals surface area contributed by atoms with Crippen LogP contribution < -0.4 is 0 Å². The van der Waals surface area contributed by atoms with Crippen LogP contribution in [-0.4, -0.2) is 23.9 Å². The molecule has 0 spiro atoms. The van der Waals surface area contributed by atoms with Crippen LogP contribution in [0.2, 0.25) is 0 Å². The summed E-state index contributed by atoms with van der Waals surface area (Å²) < 4.78 is 68.5. The highest BCUT2D eigenvalue weighted by Gasteiger charge is 2.40. The van der Waals surface area contributed by atoms with Crippen molar-refractivity contribution in [3.8, 4) is 0 Å². The zero-order valence-electron chi connectivity index (χ0n) is 20.7. The Balaban J connectivity index is 1.19. The van der Waals surface area contributed by atoms with Crippen molar-refractivity contribution >= 4 is 11.5 Å². The number of hydrogen-bond donors (Lipinski definition) is 0. The summed E-state index contributed by atoms with van der Waals surface area (Å²) in [5.41, 5.74) is 6.41. The molecule has 0 aromatic heterocycles. The second-order valence-electron chi connectivity index (χ2n) is 10.4. The summed E-state index contributed by atoms with van der Waals surface area (Å²) in [5.74, 6) is -3.41. The van der Waals surface area contributed by atoms with E-state index in [0.717, 1.165) is 18.9 Å². The van der Waals surface area contributed by atoms with E-state index in [1.165, 1.54) is 33.4 Å². The highest BCUT2D eigenvalue weighted by molar-refractivity contribution is 5.95. The number of piperidine rings is 1. The van der Waals surface area contributed by atoms with Crippen LogP contribution in [0.15, 0.2) is 65.8 Å². The first kappa shape index (κ1) is 24.8. The molecule has 0 N–H and O–H groups in total. The van der Waals surface area contributed by atoms with E-state index >= 15 is 0 Å². The summed E-state index contributed by atoms with van der Waals surface area (Å²) in [6.45, 7) is 0.475. The molecule has 7 heteroatoms. The van der Waals surface area contributed by atoms with Gasteiger partial charge in [-0.25, -0.2) is 8.78 Å². The van der Waals surface area contributed by atoms with E-state index in [-0.39, 0.29) is 43.5 Å². The van der Waals surface area contributed by atoms with Crippen molar-refractivity contribution in [1.82, 2.24) is 4.90 Å². The number of benzene rings is 2. The highest BCUT2D eigenvalue weighted by Crippen LogP contribution is 2.42. The lowest BCUT2D eigenvalue weighted by molar-refractivity contribution is -0.141. The van der Waals surface area contributed by atoms with Gasteiger partial charge in [-0.2, -0.15) is 13.2 Å². The smallest absolute Gasteiger partial charge is 0.339 e. The lowest BCUT2D eigenvalue weighted by Crippen LogP contribution is -2.40. The number of allylic oxidation sites excluding steroid dienone is 7. The number of nitrogens with zero attached hydrogens (tertiary/aromatic N) is 1. The van der Waals surface area contributed by atoms with E-state index in [4.69, 9.17) is 0 Å². The summed E-state index contributed by atoms with van der Waals surface area (Å²) in [4.78, 5) is 15.1. The third-order valence-corrected chi connectivity index (χ3v) is 8.25. The molecule has 0 bridgehead atoms. The van der Waals surface area contributed by atoms with Crippen molar-refractivity contribution in [2.24, 2.45) is 0 Å². The summed E-state index contributed by atoms with van der Waals surface area (Å²) in [5, 5.41) is 0. The van der Waals surface area contributed by atoms with Gasteiger partial charge < -0.3 is 4.90 Å². The van der Waals surface area contributed by atoms with E-state index in [0.29, 0.717) is 18.4 Å². The Kier molecular flexibility index (Phi) is 6.12. The third-order valence-electron chi connectivity index (χ3n) is 8.25. The number of fused-ring (bicyclic) bond motifs is 5. The normalized spacial score (nSPS) is 19.2. The molecule has 1 aliphatic heterocycles. The zero-order chi connectivity index (χ0) is 26.6. The lowest BCUT2D eigenvalue weighted by atomic mass is 9.77. The lowest BCUT2D eigenvalue weighted by Gasteiger charge is -2.35. The van der Waals surface area contributed by atoms with Gasteiger partial charge in [0.05, 0.1) is 5.56 Å². The number of carbonyl (C=O) groups excluding carboxylic acids is 1. The first-order valence-electron chi connectivity index (χ1n) is 13.0. The minimum atomic E-state index is -4.92. The summed E-state index contributed by atoms with van der Waals surface area (Å²) in [6, 6.07) is 5.39. The fourth-order valence-electron chi connectivity index (χ4n) is 6.37. The minimum absolute atomic E-state index is 0.111. The maximum atomic E-state index is 14.1. The predicted molar refractivity (Wildman–Crippen MR) is 135 cm³/mol. The minimum Gasteiger partial charge on any atom is -0.339 e. The fourth-order valence-corrected chi connectivity index (χ4v) is 6.37. The van der Waals surface area contributed by atoms with Crippen molar-refractivity contribution in [3.63, 3.8) is 0 Å². The number of amides is 1. The van der Waals surface area contributed by atoms with Crippen LogP contribution >= 0.6 is 0 Å². The molecule has 0 radical (unpaired) electrons. The first-order chi connectivity index (χ1) is 18.2. The Labute approximate surface area is 217 Å². The standard InChI is InChI=1S/C31H26F5NO/c32-22-16-27(29(28(33)17-22)31(34,35)36)20-11-13-37(14-12-20)30(38)21-6-5-19-8-9-24-23-4-2-1-3-18(23)7-10-25(24)26(19)15-21/h1-2,4,6-9,16-17,20H,3,5,10-15H2. The van der Waals surface area contributed by atoms with Gasteiger partial charge in [-0.3, -0.25) is 4.79 Å². The highest BCUT2D eigenvalue weighted by atomic mass is 19.4. The van der Waals surface area contributed by atoms with Gasteiger partial charge in [0, 0.05) is 31.1 Å². The molecule has 2 aromatic rings. The molecule has 38 heavy (non-hydrogen) atoms. The van der Waals surface area contributed by atoms with Gasteiger partial charge in [0.2, 0.25) is 5.91 Å². The van der Waals surface area contributed by atoms with E-state index in [1.807, 2.05) is 6.08 Å². The van der Waals surface area contributed by atoms with Crippen LogP contribution in [-0.2, 0) is 30.2 Å². The van der Waals surface area contributed by atoms with Crippen molar-refractivity contribution < 1.29 is 26.7 Å². The number of likely N-dealkylation sites (tertiary alicyclic amines) is 1. The molecule has 6 rings (SSSR count). The Bertz CT molecular complexity index is 1450. The summed E-state index contributed by atoms with van der Waals surface area (Å²) in [6.07, 6.45) is 9.05. The maximum Gasteiger partial charge on any atom is 0.419 e. The van der Waals surface area contributed by atoms with Crippen LogP contribution in [0, 0.1) is 11.6 Å². The van der Waals surface area contributed by atoms with E-state index in [1.54, 1.807) is 4.90 Å². The van der Waals surface area contributed by atoms with Crippen molar-refractivity contribution in [2.75, 3.05) is 13.1 Å². The van der Waals surface area contributed by atoms with Crippen LogP contribution in [0.25, 0.3) is 5.57 Å². The van der Waals surface area contributed by atoms with Crippen molar-refractivity contribution in [3.05, 3.63) is 111 Å². The average molecular weight is 524 g/mol. The summed E-state index contributed by atoms with van der Waals surface area (Å²) >= 11 is 0. The fraction of sp³-hybridized carbons (Fsp3) is 0.323. The van der Waals surface area contributed by atoms with Crippen LogP contribution in [0.1, 0.15) is 58.6 Å². The topological polar surface area (TPSA) is 20.3 Å². The Morgan fingerprint density at radius 2 is 1.74 bits per heavy atom. The van der Waals surface area contributed by atoms with Crippen molar-refractivity contribution in [2.45, 2.75) is 50.6 Å². The third kappa shape index (κ3) is 4.32. The van der Waals surface area contributed by atoms with E-state index < -0.39 is 29.3 Å². The molecule has 196 valence electrons. The van der Waals surface area contributed by atoms with Gasteiger partial charge in [-0.15, -0.1) is 0 Å². The molecule has 0 saturated carbocycles. The number of carbonyl (C=O) groups is 1. The van der Waals surface area contributed by atoms with Crippen LogP contribution in [0.5, 0.6) is 0 Å². The van der Waals surface area contributed by atoms with Gasteiger partial charge in [0.1, 0.15) is 11.6 Å². The molecule has 0 atom stereocenters. The molecule has 1 saturated heterocycles. The van der Waals surface area contributed by atoms with Gasteiger partial charge in [0.25, 0.3) is 0 Å². The SMILES string of the molecule is O=C(C1=CCc2ccc3c(c2C1)CC=C1CC=CC=C13)N1CCC(c2cc(F)cc(F)c2C(F)(F)F)CC1.